The van der Waals surface area contributed by atoms with E-state index in [1.165, 1.54) is 11.3 Å². The number of carbonyl (C=O) groups excluding carboxylic acids is 1. The number of aromatic nitrogens is 1. The molecule has 106 valence electrons. The first-order valence-electron chi connectivity index (χ1n) is 6.33. The number of anilines is 2. The van der Waals surface area contributed by atoms with Gasteiger partial charge in [-0.2, -0.15) is 0 Å². The van der Waals surface area contributed by atoms with Crippen molar-refractivity contribution in [2.45, 2.75) is 26.8 Å². The van der Waals surface area contributed by atoms with Crippen LogP contribution >= 0.6 is 11.3 Å². The number of urea groups is 1. The number of thiazole rings is 1. The maximum atomic E-state index is 11.8. The quantitative estimate of drug-likeness (QED) is 0.810. The highest BCUT2D eigenvalue weighted by Crippen LogP contribution is 2.21. The van der Waals surface area contributed by atoms with Crippen molar-refractivity contribution in [1.82, 2.24) is 4.98 Å². The van der Waals surface area contributed by atoms with Gasteiger partial charge >= 0.3 is 6.03 Å². The molecule has 4 N–H and O–H groups in total. The zero-order valence-corrected chi connectivity index (χ0v) is 12.5. The molecule has 0 aliphatic carbocycles. The number of nitrogens with one attached hydrogen (secondary N) is 2. The molecule has 0 radical (unpaired) electrons. The van der Waals surface area contributed by atoms with Crippen molar-refractivity contribution < 1.29 is 4.79 Å². The summed E-state index contributed by atoms with van der Waals surface area (Å²) >= 11 is 1.46. The van der Waals surface area contributed by atoms with E-state index in [2.05, 4.69) is 15.6 Å². The summed E-state index contributed by atoms with van der Waals surface area (Å²) in [4.78, 5) is 17.2. The van der Waals surface area contributed by atoms with E-state index in [0.29, 0.717) is 5.13 Å². The van der Waals surface area contributed by atoms with Crippen molar-refractivity contribution in [3.05, 3.63) is 40.4 Å². The predicted octanol–water partition coefficient (Wildman–Crippen LogP) is 3.42. The SMILES string of the molecule is Cc1nc(NC(=O)Nc2ccc(C(C)N)cc2)sc1C. The van der Waals surface area contributed by atoms with Gasteiger partial charge in [-0.25, -0.2) is 9.78 Å². The van der Waals surface area contributed by atoms with E-state index >= 15 is 0 Å². The average Bonchev–Trinajstić information content (AvgIpc) is 2.68. The van der Waals surface area contributed by atoms with Crippen LogP contribution in [0.4, 0.5) is 15.6 Å². The van der Waals surface area contributed by atoms with Crippen molar-refractivity contribution in [1.29, 1.82) is 0 Å². The number of nitrogens with two attached hydrogens (primary N) is 1. The van der Waals surface area contributed by atoms with Gasteiger partial charge < -0.3 is 11.1 Å². The Labute approximate surface area is 122 Å². The smallest absolute Gasteiger partial charge is 0.324 e. The number of amides is 2. The zero-order chi connectivity index (χ0) is 14.7. The normalized spacial score (nSPS) is 12.0. The molecule has 20 heavy (non-hydrogen) atoms. The second-order valence-corrected chi connectivity index (χ2v) is 5.85. The van der Waals surface area contributed by atoms with Gasteiger partial charge in [0.25, 0.3) is 0 Å². The Hall–Kier alpha value is -1.92. The average molecular weight is 290 g/mol. The van der Waals surface area contributed by atoms with Gasteiger partial charge in [0.2, 0.25) is 0 Å². The van der Waals surface area contributed by atoms with Crippen molar-refractivity contribution in [2.24, 2.45) is 5.73 Å². The molecule has 0 saturated heterocycles. The maximum absolute atomic E-state index is 11.8. The van der Waals surface area contributed by atoms with Gasteiger partial charge in [0.05, 0.1) is 5.69 Å². The molecule has 1 heterocycles. The topological polar surface area (TPSA) is 80.0 Å². The molecular formula is C14H18N4OS. The number of carbonyl (C=O) groups is 1. The monoisotopic (exact) mass is 290 g/mol. The lowest BCUT2D eigenvalue weighted by Crippen LogP contribution is -2.19. The van der Waals surface area contributed by atoms with Crippen LogP contribution < -0.4 is 16.4 Å². The number of aryl methyl sites for hydroxylation is 2. The number of rotatable bonds is 3. The van der Waals surface area contributed by atoms with E-state index in [0.717, 1.165) is 21.8 Å². The molecule has 1 atom stereocenters. The van der Waals surface area contributed by atoms with Crippen molar-refractivity contribution in [3.8, 4) is 0 Å². The fourth-order valence-electron chi connectivity index (χ4n) is 1.66. The Bertz CT molecular complexity index is 585. The molecule has 6 heteroatoms. The molecule has 1 aromatic carbocycles. The standard InChI is InChI=1S/C14H18N4OS/c1-8(15)11-4-6-12(7-5-11)17-13(19)18-14-16-9(2)10(3)20-14/h4-8H,15H2,1-3H3,(H2,16,17,18,19). The highest BCUT2D eigenvalue weighted by atomic mass is 32.1. The maximum Gasteiger partial charge on any atom is 0.325 e. The Morgan fingerprint density at radius 1 is 1.25 bits per heavy atom. The summed E-state index contributed by atoms with van der Waals surface area (Å²) < 4.78 is 0. The zero-order valence-electron chi connectivity index (χ0n) is 11.7. The lowest BCUT2D eigenvalue weighted by atomic mass is 10.1. The van der Waals surface area contributed by atoms with Gasteiger partial charge in [0.15, 0.2) is 5.13 Å². The first-order chi connectivity index (χ1) is 9.45. The van der Waals surface area contributed by atoms with Crippen molar-refractivity contribution >= 4 is 28.2 Å². The molecule has 0 spiro atoms. The third-order valence-electron chi connectivity index (χ3n) is 2.94. The first kappa shape index (κ1) is 14.5. The summed E-state index contributed by atoms with van der Waals surface area (Å²) in [6.07, 6.45) is 0. The molecule has 5 nitrogen and oxygen atoms in total. The van der Waals surface area contributed by atoms with Crippen molar-refractivity contribution in [3.63, 3.8) is 0 Å². The highest BCUT2D eigenvalue weighted by molar-refractivity contribution is 7.15. The number of hydrogen-bond donors (Lipinski definition) is 3. The van der Waals surface area contributed by atoms with Crippen LogP contribution in [0, 0.1) is 13.8 Å². The Morgan fingerprint density at radius 3 is 2.40 bits per heavy atom. The van der Waals surface area contributed by atoms with Crippen LogP contribution in [-0.4, -0.2) is 11.0 Å². The van der Waals surface area contributed by atoms with E-state index < -0.39 is 0 Å². The third-order valence-corrected chi connectivity index (χ3v) is 3.93. The predicted molar refractivity (Wildman–Crippen MR) is 83.3 cm³/mol. The van der Waals surface area contributed by atoms with Crippen LogP contribution in [0.5, 0.6) is 0 Å². The second kappa shape index (κ2) is 6.02. The van der Waals surface area contributed by atoms with Gasteiger partial charge in [-0.1, -0.05) is 12.1 Å². The summed E-state index contributed by atoms with van der Waals surface area (Å²) in [5, 5.41) is 6.08. The minimum Gasteiger partial charge on any atom is -0.324 e. The Morgan fingerprint density at radius 2 is 1.90 bits per heavy atom. The van der Waals surface area contributed by atoms with Gasteiger partial charge in [0, 0.05) is 16.6 Å². The lowest BCUT2D eigenvalue weighted by Gasteiger charge is -2.08. The Balaban J connectivity index is 1.97. The molecule has 2 amide bonds. The van der Waals surface area contributed by atoms with E-state index in [-0.39, 0.29) is 12.1 Å². The van der Waals surface area contributed by atoms with Crippen LogP contribution in [0.25, 0.3) is 0 Å². The third kappa shape index (κ3) is 3.55. The van der Waals surface area contributed by atoms with Crippen LogP contribution in [0.3, 0.4) is 0 Å². The van der Waals surface area contributed by atoms with E-state index in [4.69, 9.17) is 5.73 Å². The first-order valence-corrected chi connectivity index (χ1v) is 7.15. The summed E-state index contributed by atoms with van der Waals surface area (Å²) in [6, 6.07) is 7.15. The molecule has 1 aromatic heterocycles. The number of hydrogen-bond acceptors (Lipinski definition) is 4. The lowest BCUT2D eigenvalue weighted by molar-refractivity contribution is 0.262. The molecule has 0 fully saturated rings. The summed E-state index contributed by atoms with van der Waals surface area (Å²) in [5.41, 5.74) is 8.46. The molecule has 0 aliphatic heterocycles. The van der Waals surface area contributed by atoms with Crippen molar-refractivity contribution in [2.75, 3.05) is 10.6 Å². The molecule has 0 bridgehead atoms. The van der Waals surface area contributed by atoms with Crippen LogP contribution in [0.2, 0.25) is 0 Å². The van der Waals surface area contributed by atoms with Gasteiger partial charge in [0.1, 0.15) is 0 Å². The van der Waals surface area contributed by atoms with Gasteiger partial charge in [-0.05, 0) is 38.5 Å². The summed E-state index contributed by atoms with van der Waals surface area (Å²) in [6.45, 7) is 5.81. The fourth-order valence-corrected chi connectivity index (χ4v) is 2.47. The molecular weight excluding hydrogens is 272 g/mol. The minimum atomic E-state index is -0.299. The number of nitrogens with zero attached hydrogens (tertiary/aromatic N) is 1. The summed E-state index contributed by atoms with van der Waals surface area (Å²) in [7, 11) is 0. The van der Waals surface area contributed by atoms with E-state index in [1.807, 2.05) is 45.0 Å². The summed E-state index contributed by atoms with van der Waals surface area (Å²) in [5.74, 6) is 0. The molecule has 0 saturated carbocycles. The van der Waals surface area contributed by atoms with Gasteiger partial charge in [-0.15, -0.1) is 11.3 Å². The van der Waals surface area contributed by atoms with E-state index in [1.54, 1.807) is 0 Å². The van der Waals surface area contributed by atoms with Crippen LogP contribution in [0.1, 0.15) is 29.1 Å². The molecule has 1 unspecified atom stereocenters. The largest absolute Gasteiger partial charge is 0.325 e. The number of benzene rings is 1. The van der Waals surface area contributed by atoms with Gasteiger partial charge in [-0.3, -0.25) is 5.32 Å². The fraction of sp³-hybridized carbons (Fsp3) is 0.286. The van der Waals surface area contributed by atoms with Crippen LogP contribution in [-0.2, 0) is 0 Å². The minimum absolute atomic E-state index is 0.0147. The Kier molecular flexibility index (Phi) is 4.36. The second-order valence-electron chi connectivity index (χ2n) is 4.65. The highest BCUT2D eigenvalue weighted by Gasteiger charge is 2.08. The molecule has 2 aromatic rings. The van der Waals surface area contributed by atoms with Crippen LogP contribution in [0.15, 0.2) is 24.3 Å². The molecule has 2 rings (SSSR count). The van der Waals surface area contributed by atoms with E-state index in [9.17, 15) is 4.79 Å². The molecule has 0 aliphatic rings.